The predicted octanol–water partition coefficient (Wildman–Crippen LogP) is 0.378. The van der Waals surface area contributed by atoms with Gasteiger partial charge >= 0.3 is 5.69 Å². The lowest BCUT2D eigenvalue weighted by Gasteiger charge is -2.15. The number of nitrogens with two attached hydrogens (primary N) is 1. The molecule has 1 rings (SSSR count). The maximum absolute atomic E-state index is 12.1. The average Bonchev–Trinajstić information content (AvgIpc) is 2.44. The molecule has 0 spiro atoms. The summed E-state index contributed by atoms with van der Waals surface area (Å²) in [5.74, 6) is 0.215. The summed E-state index contributed by atoms with van der Waals surface area (Å²) in [5.41, 5.74) is 5.49. The third kappa shape index (κ3) is 3.63. The molecule has 0 amide bonds. The van der Waals surface area contributed by atoms with Crippen LogP contribution >= 0.6 is 0 Å². The molecule has 0 aliphatic rings. The Hall–Kier alpha value is -1.76. The lowest BCUT2D eigenvalue weighted by molar-refractivity contribution is 0.194. The van der Waals surface area contributed by atoms with E-state index in [1.807, 2.05) is 6.92 Å². The maximum atomic E-state index is 12.1. The van der Waals surface area contributed by atoms with Crippen LogP contribution in [0.1, 0.15) is 26.2 Å². The van der Waals surface area contributed by atoms with Gasteiger partial charge in [0.05, 0.1) is 0 Å². The van der Waals surface area contributed by atoms with Crippen LogP contribution in [0.15, 0.2) is 9.59 Å². The second-order valence-electron chi connectivity index (χ2n) is 4.69. The van der Waals surface area contributed by atoms with E-state index in [0.717, 1.165) is 23.8 Å². The molecule has 0 unspecified atom stereocenters. The minimum Gasteiger partial charge on any atom is -0.385 e. The van der Waals surface area contributed by atoms with Gasteiger partial charge in [0.1, 0.15) is 11.5 Å². The minimum absolute atomic E-state index is 0.215. The molecule has 0 saturated heterocycles. The van der Waals surface area contributed by atoms with E-state index >= 15 is 0 Å². The molecule has 3 N–H and O–H groups in total. The first-order valence-corrected chi connectivity index (χ1v) is 6.86. The molecule has 114 valence electrons. The van der Waals surface area contributed by atoms with E-state index in [4.69, 9.17) is 10.5 Å². The van der Waals surface area contributed by atoms with Gasteiger partial charge in [0.15, 0.2) is 0 Å². The fraction of sp³-hybridized carbons (Fsp3) is 0.692. The number of nitrogen functional groups attached to an aromatic ring is 1. The topological polar surface area (TPSA) is 91.3 Å². The number of unbranched alkanes of at least 4 members (excludes halogenated alkanes) is 1. The Morgan fingerprint density at radius 2 is 2.00 bits per heavy atom. The van der Waals surface area contributed by atoms with Crippen LogP contribution < -0.4 is 22.3 Å². The highest BCUT2D eigenvalue weighted by atomic mass is 16.5. The van der Waals surface area contributed by atoms with Crippen molar-refractivity contribution in [3.63, 3.8) is 0 Å². The monoisotopic (exact) mass is 284 g/mol. The summed E-state index contributed by atoms with van der Waals surface area (Å²) in [5, 5.41) is 3.03. The molecular formula is C13H24N4O3. The van der Waals surface area contributed by atoms with E-state index < -0.39 is 0 Å². The molecule has 20 heavy (non-hydrogen) atoms. The van der Waals surface area contributed by atoms with Crippen LogP contribution in [0.3, 0.4) is 0 Å². The van der Waals surface area contributed by atoms with E-state index in [-0.39, 0.29) is 17.1 Å². The van der Waals surface area contributed by atoms with Crippen LogP contribution in [0, 0.1) is 0 Å². The Morgan fingerprint density at radius 1 is 1.30 bits per heavy atom. The summed E-state index contributed by atoms with van der Waals surface area (Å²) < 4.78 is 7.48. The molecule has 0 radical (unpaired) electrons. The first-order chi connectivity index (χ1) is 9.54. The zero-order valence-electron chi connectivity index (χ0n) is 12.4. The summed E-state index contributed by atoms with van der Waals surface area (Å²) in [6, 6.07) is 0. The standard InChI is InChI=1S/C13H24N4O3/c1-4-8-17-11(14)10(12(18)16(2)13(17)19)15-7-5-6-9-20-3/h15H,4-9,14H2,1-3H3. The SMILES string of the molecule is CCCn1c(N)c(NCCCCOC)c(=O)n(C)c1=O. The molecule has 7 heteroatoms. The quantitative estimate of drug-likeness (QED) is 0.673. The van der Waals surface area contributed by atoms with Crippen LogP contribution in [-0.2, 0) is 18.3 Å². The number of ether oxygens (including phenoxy) is 1. The van der Waals surface area contributed by atoms with Crippen LogP contribution in [-0.4, -0.2) is 29.4 Å². The molecule has 0 fully saturated rings. The summed E-state index contributed by atoms with van der Waals surface area (Å²) in [6.07, 6.45) is 2.54. The van der Waals surface area contributed by atoms with E-state index in [9.17, 15) is 9.59 Å². The summed E-state index contributed by atoms with van der Waals surface area (Å²) in [4.78, 5) is 24.0. The highest BCUT2D eigenvalue weighted by molar-refractivity contribution is 5.60. The Morgan fingerprint density at radius 3 is 2.60 bits per heavy atom. The van der Waals surface area contributed by atoms with Crippen LogP contribution in [0.4, 0.5) is 11.5 Å². The molecule has 7 nitrogen and oxygen atoms in total. The molecule has 0 bridgehead atoms. The Bertz CT molecular complexity index is 548. The number of methoxy groups -OCH3 is 1. The van der Waals surface area contributed by atoms with Crippen molar-refractivity contribution in [1.82, 2.24) is 9.13 Å². The predicted molar refractivity (Wildman–Crippen MR) is 80.2 cm³/mol. The molecular weight excluding hydrogens is 260 g/mol. The normalized spacial score (nSPS) is 10.8. The highest BCUT2D eigenvalue weighted by Gasteiger charge is 2.14. The van der Waals surface area contributed by atoms with Crippen molar-refractivity contribution >= 4 is 11.5 Å². The fourth-order valence-corrected chi connectivity index (χ4v) is 1.97. The Balaban J connectivity index is 2.95. The van der Waals surface area contributed by atoms with Gasteiger partial charge < -0.3 is 15.8 Å². The summed E-state index contributed by atoms with van der Waals surface area (Å²) in [7, 11) is 3.12. The van der Waals surface area contributed by atoms with Crippen LogP contribution in [0.5, 0.6) is 0 Å². The van der Waals surface area contributed by atoms with Crippen molar-refractivity contribution in [2.24, 2.45) is 7.05 Å². The number of hydrogen-bond acceptors (Lipinski definition) is 5. The van der Waals surface area contributed by atoms with E-state index in [0.29, 0.717) is 25.4 Å². The lowest BCUT2D eigenvalue weighted by atomic mass is 10.3. The largest absolute Gasteiger partial charge is 0.385 e. The van der Waals surface area contributed by atoms with Gasteiger partial charge in [-0.25, -0.2) is 4.79 Å². The molecule has 0 saturated carbocycles. The maximum Gasteiger partial charge on any atom is 0.332 e. The van der Waals surface area contributed by atoms with Gasteiger partial charge in [-0.2, -0.15) is 0 Å². The van der Waals surface area contributed by atoms with Crippen molar-refractivity contribution in [1.29, 1.82) is 0 Å². The van der Waals surface area contributed by atoms with Gasteiger partial charge in [0.2, 0.25) is 0 Å². The number of aromatic nitrogens is 2. The van der Waals surface area contributed by atoms with Gasteiger partial charge in [0, 0.05) is 33.9 Å². The molecule has 0 aliphatic carbocycles. The molecule has 0 aliphatic heterocycles. The molecule has 1 aromatic rings. The Labute approximate surface area is 118 Å². The van der Waals surface area contributed by atoms with Crippen LogP contribution in [0.2, 0.25) is 0 Å². The average molecular weight is 284 g/mol. The fourth-order valence-electron chi connectivity index (χ4n) is 1.97. The number of hydrogen-bond donors (Lipinski definition) is 2. The van der Waals surface area contributed by atoms with Crippen molar-refractivity contribution < 1.29 is 4.74 Å². The van der Waals surface area contributed by atoms with Crippen molar-refractivity contribution in [3.05, 3.63) is 20.8 Å². The minimum atomic E-state index is -0.383. The molecule has 0 aromatic carbocycles. The first kappa shape index (κ1) is 16.3. The number of nitrogens with one attached hydrogen (secondary N) is 1. The molecule has 1 aromatic heterocycles. The van der Waals surface area contributed by atoms with Gasteiger partial charge in [-0.05, 0) is 19.3 Å². The second kappa shape index (κ2) is 7.74. The third-order valence-corrected chi connectivity index (χ3v) is 3.11. The van der Waals surface area contributed by atoms with Crippen molar-refractivity contribution in [2.75, 3.05) is 31.3 Å². The van der Waals surface area contributed by atoms with E-state index in [1.165, 1.54) is 11.6 Å². The van der Waals surface area contributed by atoms with Crippen molar-refractivity contribution in [2.45, 2.75) is 32.7 Å². The number of nitrogens with zero attached hydrogens (tertiary/aromatic N) is 2. The number of anilines is 2. The Kier molecular flexibility index (Phi) is 6.30. The highest BCUT2D eigenvalue weighted by Crippen LogP contribution is 2.11. The van der Waals surface area contributed by atoms with E-state index in [2.05, 4.69) is 5.32 Å². The van der Waals surface area contributed by atoms with Gasteiger partial charge in [-0.15, -0.1) is 0 Å². The van der Waals surface area contributed by atoms with E-state index in [1.54, 1.807) is 7.11 Å². The van der Waals surface area contributed by atoms with Gasteiger partial charge in [-0.3, -0.25) is 13.9 Å². The zero-order chi connectivity index (χ0) is 15.1. The molecule has 1 heterocycles. The first-order valence-electron chi connectivity index (χ1n) is 6.86. The van der Waals surface area contributed by atoms with Crippen LogP contribution in [0.25, 0.3) is 0 Å². The third-order valence-electron chi connectivity index (χ3n) is 3.11. The molecule has 0 atom stereocenters. The zero-order valence-corrected chi connectivity index (χ0v) is 12.4. The second-order valence-corrected chi connectivity index (χ2v) is 4.69. The summed E-state index contributed by atoms with van der Waals surface area (Å²) >= 11 is 0. The smallest absolute Gasteiger partial charge is 0.332 e. The summed E-state index contributed by atoms with van der Waals surface area (Å²) in [6.45, 7) is 3.75. The van der Waals surface area contributed by atoms with Crippen molar-refractivity contribution in [3.8, 4) is 0 Å². The van der Waals surface area contributed by atoms with Gasteiger partial charge in [-0.1, -0.05) is 6.92 Å². The number of rotatable bonds is 8. The van der Waals surface area contributed by atoms with Gasteiger partial charge in [0.25, 0.3) is 5.56 Å². The lowest BCUT2D eigenvalue weighted by Crippen LogP contribution is -2.40.